The molecule has 6 nitrogen and oxygen atoms in total. The lowest BCUT2D eigenvalue weighted by Gasteiger charge is -2.38. The van der Waals surface area contributed by atoms with Gasteiger partial charge in [-0.25, -0.2) is 4.79 Å². The second-order valence-corrected chi connectivity index (χ2v) is 4.79. The van der Waals surface area contributed by atoms with E-state index in [4.69, 9.17) is 0 Å². The number of likely N-dealkylation sites (tertiary alicyclic amines) is 1. The fraction of sp³-hybridized carbons (Fsp3) is 0.750. The van der Waals surface area contributed by atoms with Crippen molar-refractivity contribution in [2.24, 2.45) is 0 Å². The third-order valence-corrected chi connectivity index (χ3v) is 3.51. The lowest BCUT2D eigenvalue weighted by atomic mass is 10.1. The first-order valence-electron chi connectivity index (χ1n) is 6.52. The molecule has 2 heterocycles. The first-order valence-corrected chi connectivity index (χ1v) is 6.52. The van der Waals surface area contributed by atoms with E-state index in [9.17, 15) is 14.4 Å². The normalized spacial score (nSPS) is 25.1. The molecule has 1 atom stereocenters. The van der Waals surface area contributed by atoms with E-state index in [1.807, 2.05) is 6.92 Å². The lowest BCUT2D eigenvalue weighted by Crippen LogP contribution is -2.62. The fourth-order valence-electron chi connectivity index (χ4n) is 2.54. The Morgan fingerprint density at radius 3 is 2.56 bits per heavy atom. The minimum Gasteiger partial charge on any atom is -0.325 e. The number of piperidine rings is 1. The highest BCUT2D eigenvalue weighted by atomic mass is 16.2. The number of amides is 4. The second kappa shape index (κ2) is 5.37. The van der Waals surface area contributed by atoms with Gasteiger partial charge in [0.25, 0.3) is 0 Å². The van der Waals surface area contributed by atoms with Crippen molar-refractivity contribution >= 4 is 17.8 Å². The smallest absolute Gasteiger partial charge is 0.321 e. The molecule has 0 radical (unpaired) electrons. The summed E-state index contributed by atoms with van der Waals surface area (Å²) in [6.45, 7) is 3.28. The summed E-state index contributed by atoms with van der Waals surface area (Å²) in [6.07, 6.45) is 3.66. The van der Waals surface area contributed by atoms with E-state index in [2.05, 4.69) is 5.32 Å². The Kier molecular flexibility index (Phi) is 3.84. The summed E-state index contributed by atoms with van der Waals surface area (Å²) in [7, 11) is 0. The predicted molar refractivity (Wildman–Crippen MR) is 64.8 cm³/mol. The predicted octanol–water partition coefficient (Wildman–Crippen LogP) is 0.329. The van der Waals surface area contributed by atoms with Crippen LogP contribution in [0.4, 0.5) is 4.79 Å². The number of piperazine rings is 1. The van der Waals surface area contributed by atoms with E-state index in [1.165, 1.54) is 4.90 Å². The molecule has 2 fully saturated rings. The minimum atomic E-state index is -0.517. The second-order valence-electron chi connectivity index (χ2n) is 4.79. The molecule has 4 amide bonds. The van der Waals surface area contributed by atoms with Gasteiger partial charge in [0.2, 0.25) is 11.8 Å². The molecule has 2 saturated heterocycles. The quantitative estimate of drug-likeness (QED) is 0.685. The van der Waals surface area contributed by atoms with Gasteiger partial charge in [0.15, 0.2) is 0 Å². The summed E-state index contributed by atoms with van der Waals surface area (Å²) in [5.41, 5.74) is 0. The molecule has 1 N–H and O–H groups in total. The molecule has 2 aliphatic heterocycles. The summed E-state index contributed by atoms with van der Waals surface area (Å²) >= 11 is 0. The van der Waals surface area contributed by atoms with Crippen LogP contribution < -0.4 is 5.32 Å². The Morgan fingerprint density at radius 2 is 1.94 bits per heavy atom. The number of nitrogens with zero attached hydrogens (tertiary/aromatic N) is 2. The molecular weight excluding hydrogens is 234 g/mol. The van der Waals surface area contributed by atoms with E-state index in [0.29, 0.717) is 6.42 Å². The van der Waals surface area contributed by atoms with E-state index in [0.717, 1.165) is 32.4 Å². The number of carbonyl (C=O) groups is 3. The highest BCUT2D eigenvalue weighted by Gasteiger charge is 2.37. The highest BCUT2D eigenvalue weighted by Crippen LogP contribution is 2.16. The van der Waals surface area contributed by atoms with Crippen LogP contribution in [0.15, 0.2) is 0 Å². The van der Waals surface area contributed by atoms with Gasteiger partial charge in [-0.05, 0) is 25.7 Å². The Balaban J connectivity index is 2.10. The van der Waals surface area contributed by atoms with Crippen LogP contribution in [0, 0.1) is 0 Å². The number of imide groups is 1. The molecule has 18 heavy (non-hydrogen) atoms. The van der Waals surface area contributed by atoms with Crippen LogP contribution in [-0.2, 0) is 9.59 Å². The summed E-state index contributed by atoms with van der Waals surface area (Å²) in [5, 5.41) is 2.28. The van der Waals surface area contributed by atoms with E-state index >= 15 is 0 Å². The van der Waals surface area contributed by atoms with Gasteiger partial charge in [0.05, 0.1) is 0 Å². The average molecular weight is 253 g/mol. The zero-order valence-corrected chi connectivity index (χ0v) is 10.6. The van der Waals surface area contributed by atoms with Gasteiger partial charge in [-0.15, -0.1) is 0 Å². The highest BCUT2D eigenvalue weighted by molar-refractivity contribution is 6.04. The zero-order valence-electron chi connectivity index (χ0n) is 10.6. The Morgan fingerprint density at radius 1 is 1.28 bits per heavy atom. The van der Waals surface area contributed by atoms with Gasteiger partial charge in [0, 0.05) is 13.1 Å². The van der Waals surface area contributed by atoms with E-state index in [-0.39, 0.29) is 18.5 Å². The number of nitrogens with one attached hydrogen (secondary N) is 1. The first kappa shape index (κ1) is 12.9. The molecular formula is C12H19N3O3. The Labute approximate surface area is 106 Å². The van der Waals surface area contributed by atoms with Crippen LogP contribution in [0.1, 0.15) is 32.6 Å². The third kappa shape index (κ3) is 2.47. The van der Waals surface area contributed by atoms with Crippen molar-refractivity contribution < 1.29 is 14.4 Å². The Bertz CT molecular complexity index is 364. The van der Waals surface area contributed by atoms with Crippen molar-refractivity contribution in [1.29, 1.82) is 0 Å². The molecule has 0 aromatic carbocycles. The molecule has 0 aromatic rings. The van der Waals surface area contributed by atoms with Crippen LogP contribution in [-0.4, -0.2) is 53.3 Å². The molecule has 1 unspecified atom stereocenters. The minimum absolute atomic E-state index is 0.0143. The van der Waals surface area contributed by atoms with Crippen LogP contribution in [0.5, 0.6) is 0 Å². The van der Waals surface area contributed by atoms with Crippen LogP contribution >= 0.6 is 0 Å². The van der Waals surface area contributed by atoms with Gasteiger partial charge in [-0.2, -0.15) is 0 Å². The maximum atomic E-state index is 12.3. The molecule has 2 rings (SSSR count). The average Bonchev–Trinajstić information content (AvgIpc) is 2.38. The number of rotatable bonds is 1. The molecule has 100 valence electrons. The van der Waals surface area contributed by atoms with Crippen LogP contribution in [0.2, 0.25) is 0 Å². The maximum Gasteiger partial charge on any atom is 0.321 e. The van der Waals surface area contributed by atoms with Gasteiger partial charge < -0.3 is 9.80 Å². The van der Waals surface area contributed by atoms with Crippen molar-refractivity contribution in [1.82, 2.24) is 15.1 Å². The van der Waals surface area contributed by atoms with Gasteiger partial charge in [-0.1, -0.05) is 6.92 Å². The number of hydrogen-bond acceptors (Lipinski definition) is 3. The summed E-state index contributed by atoms with van der Waals surface area (Å²) in [4.78, 5) is 38.6. The zero-order chi connectivity index (χ0) is 13.1. The number of urea groups is 1. The standard InChI is InChI=1S/C12H19N3O3/c1-2-9-11(17)13-10(16)8-15(9)12(18)14-6-4-3-5-7-14/h9H,2-8H2,1H3,(H,13,16,17). The first-order chi connectivity index (χ1) is 8.63. The van der Waals surface area contributed by atoms with Crippen molar-refractivity contribution in [3.63, 3.8) is 0 Å². The maximum absolute atomic E-state index is 12.3. The van der Waals surface area contributed by atoms with Crippen molar-refractivity contribution in [2.75, 3.05) is 19.6 Å². The van der Waals surface area contributed by atoms with Gasteiger partial charge in [0.1, 0.15) is 12.6 Å². The fourth-order valence-corrected chi connectivity index (χ4v) is 2.54. The molecule has 2 aliphatic rings. The van der Waals surface area contributed by atoms with Crippen molar-refractivity contribution in [2.45, 2.75) is 38.6 Å². The third-order valence-electron chi connectivity index (χ3n) is 3.51. The van der Waals surface area contributed by atoms with E-state index < -0.39 is 11.9 Å². The van der Waals surface area contributed by atoms with Crippen molar-refractivity contribution in [3.05, 3.63) is 0 Å². The molecule has 0 bridgehead atoms. The number of carbonyl (C=O) groups excluding carboxylic acids is 3. The van der Waals surface area contributed by atoms with Crippen molar-refractivity contribution in [3.8, 4) is 0 Å². The van der Waals surface area contributed by atoms with E-state index in [1.54, 1.807) is 4.90 Å². The molecule has 0 aliphatic carbocycles. The van der Waals surface area contributed by atoms with Crippen LogP contribution in [0.3, 0.4) is 0 Å². The van der Waals surface area contributed by atoms with Crippen LogP contribution in [0.25, 0.3) is 0 Å². The molecule has 0 saturated carbocycles. The van der Waals surface area contributed by atoms with Gasteiger partial charge >= 0.3 is 6.03 Å². The summed E-state index contributed by atoms with van der Waals surface area (Å²) in [6, 6.07) is -0.693. The number of hydrogen-bond donors (Lipinski definition) is 1. The Hall–Kier alpha value is -1.59. The summed E-state index contributed by atoms with van der Waals surface area (Å²) < 4.78 is 0. The SMILES string of the molecule is CCC1C(=O)NC(=O)CN1C(=O)N1CCCCC1. The molecule has 0 spiro atoms. The monoisotopic (exact) mass is 253 g/mol. The van der Waals surface area contributed by atoms with Gasteiger partial charge in [-0.3, -0.25) is 14.9 Å². The summed E-state index contributed by atoms with van der Waals surface area (Å²) in [5.74, 6) is -0.755. The lowest BCUT2D eigenvalue weighted by molar-refractivity contribution is -0.138. The molecule has 0 aromatic heterocycles. The largest absolute Gasteiger partial charge is 0.325 e. The molecule has 6 heteroatoms. The topological polar surface area (TPSA) is 69.7 Å².